The molecule has 6 heteroatoms. The highest BCUT2D eigenvalue weighted by molar-refractivity contribution is 6.23. The van der Waals surface area contributed by atoms with Crippen LogP contribution in [0.3, 0.4) is 0 Å². The summed E-state index contributed by atoms with van der Waals surface area (Å²) >= 11 is 0. The molecule has 4 aromatic carbocycles. The van der Waals surface area contributed by atoms with E-state index in [4.69, 9.17) is 13.3 Å². The van der Waals surface area contributed by atoms with E-state index < -0.39 is 0 Å². The Morgan fingerprint density at radius 3 is 1.51 bits per heavy atom. The van der Waals surface area contributed by atoms with Gasteiger partial charge in [0, 0.05) is 11.1 Å². The topological polar surface area (TPSA) is 90.6 Å². The third-order valence-electron chi connectivity index (χ3n) is 6.83. The van der Waals surface area contributed by atoms with Crippen LogP contribution in [-0.4, -0.2) is 0 Å². The lowest BCUT2D eigenvalue weighted by molar-refractivity contribution is 0.613. The first-order valence-electron chi connectivity index (χ1n) is 11.1. The van der Waals surface area contributed by atoms with E-state index in [-0.39, 0.29) is 49.2 Å². The van der Waals surface area contributed by atoms with Gasteiger partial charge in [-0.15, -0.1) is 0 Å². The molecule has 0 spiro atoms. The molecule has 0 N–H and O–H groups in total. The molecule has 0 bridgehead atoms. The summed E-state index contributed by atoms with van der Waals surface area (Å²) in [6, 6.07) is 21.0. The summed E-state index contributed by atoms with van der Waals surface area (Å²) < 4.78 is 18.6. The quantitative estimate of drug-likeness (QED) is 0.207. The standard InChI is InChI=1S/C29H12O6/c30-23-15-9-3-6-12-18(15)34-28-20(23)27-21(24(31)16-10-4-5-11-17(16)33-27)29-22(28)25(32)19-13-7-1-2-8-14(13)26(19)35-29/h1-12H. The summed E-state index contributed by atoms with van der Waals surface area (Å²) in [6.45, 7) is 0. The van der Waals surface area contributed by atoms with Crippen molar-refractivity contribution in [2.24, 2.45) is 0 Å². The van der Waals surface area contributed by atoms with E-state index in [1.165, 1.54) is 0 Å². The number of benzene rings is 4. The fraction of sp³-hybridized carbons (Fsp3) is 0. The van der Waals surface area contributed by atoms with Gasteiger partial charge in [0.2, 0.25) is 16.3 Å². The van der Waals surface area contributed by atoms with Gasteiger partial charge in [0.25, 0.3) is 0 Å². The highest BCUT2D eigenvalue weighted by atomic mass is 16.4. The molecule has 1 aliphatic carbocycles. The molecule has 3 aromatic heterocycles. The third kappa shape index (κ3) is 2.12. The van der Waals surface area contributed by atoms with Gasteiger partial charge in [0.1, 0.15) is 33.1 Å². The van der Waals surface area contributed by atoms with E-state index in [1.54, 1.807) is 48.5 Å². The van der Waals surface area contributed by atoms with Crippen LogP contribution in [0.15, 0.2) is 100 Å². The zero-order chi connectivity index (χ0) is 23.4. The Hall–Kier alpha value is -4.97. The van der Waals surface area contributed by atoms with Crippen molar-refractivity contribution in [3.8, 4) is 22.5 Å². The largest absolute Gasteiger partial charge is 0.455 e. The van der Waals surface area contributed by atoms with E-state index >= 15 is 0 Å². The second-order valence-corrected chi connectivity index (χ2v) is 8.65. The summed E-state index contributed by atoms with van der Waals surface area (Å²) in [7, 11) is 0. The summed E-state index contributed by atoms with van der Waals surface area (Å²) in [5.74, 6) is 0.412. The van der Waals surface area contributed by atoms with Crippen LogP contribution in [0.1, 0.15) is 0 Å². The molecule has 0 unspecified atom stereocenters. The van der Waals surface area contributed by atoms with Crippen LogP contribution in [-0.2, 0) is 0 Å². The van der Waals surface area contributed by atoms with Gasteiger partial charge in [-0.2, -0.15) is 0 Å². The fourth-order valence-electron chi connectivity index (χ4n) is 5.24. The Kier molecular flexibility index (Phi) is 3.23. The van der Waals surface area contributed by atoms with Crippen molar-refractivity contribution in [1.82, 2.24) is 0 Å². The third-order valence-corrected chi connectivity index (χ3v) is 6.83. The van der Waals surface area contributed by atoms with Gasteiger partial charge in [-0.1, -0.05) is 48.5 Å². The normalized spacial score (nSPS) is 12.3. The van der Waals surface area contributed by atoms with Crippen molar-refractivity contribution in [2.45, 2.75) is 0 Å². The molecule has 0 fully saturated rings. The number of rotatable bonds is 0. The average molecular weight is 456 g/mol. The van der Waals surface area contributed by atoms with Crippen molar-refractivity contribution in [3.05, 3.63) is 103 Å². The van der Waals surface area contributed by atoms with E-state index in [2.05, 4.69) is 0 Å². The predicted molar refractivity (Wildman–Crippen MR) is 134 cm³/mol. The van der Waals surface area contributed by atoms with Gasteiger partial charge in [-0.05, 0) is 24.3 Å². The molecule has 35 heavy (non-hydrogen) atoms. The number of hydrogen-bond acceptors (Lipinski definition) is 6. The maximum Gasteiger partial charge on any atom is 0.205 e. The lowest BCUT2D eigenvalue weighted by atomic mass is 9.84. The van der Waals surface area contributed by atoms with Gasteiger partial charge < -0.3 is 13.3 Å². The Morgan fingerprint density at radius 1 is 0.457 bits per heavy atom. The molecule has 8 rings (SSSR count). The van der Waals surface area contributed by atoms with Crippen LogP contribution in [0.25, 0.3) is 77.3 Å². The highest BCUT2D eigenvalue weighted by Gasteiger charge is 2.33. The SMILES string of the molecule is O=c1c2c(oc3c1c1oc4ccccc4c(=O)c1c1oc4ccccc4c(=O)c31)-c1ccccc1-2. The predicted octanol–water partition coefficient (Wildman–Crippen LogP) is 5.96. The number of para-hydroxylation sites is 2. The molecule has 0 atom stereocenters. The van der Waals surface area contributed by atoms with Gasteiger partial charge in [0.05, 0.1) is 16.3 Å². The zero-order valence-electron chi connectivity index (χ0n) is 17.9. The Morgan fingerprint density at radius 2 is 0.914 bits per heavy atom. The van der Waals surface area contributed by atoms with Crippen LogP contribution in [0.5, 0.6) is 0 Å². The van der Waals surface area contributed by atoms with Crippen molar-refractivity contribution < 1.29 is 13.3 Å². The first-order valence-corrected chi connectivity index (χ1v) is 11.1. The van der Waals surface area contributed by atoms with Crippen molar-refractivity contribution >= 4 is 54.8 Å². The fourth-order valence-corrected chi connectivity index (χ4v) is 5.24. The maximum absolute atomic E-state index is 13.9. The number of fused-ring (bicyclic) bond motifs is 12. The molecule has 0 saturated carbocycles. The van der Waals surface area contributed by atoms with Crippen LogP contribution in [0.4, 0.5) is 0 Å². The van der Waals surface area contributed by atoms with E-state index in [9.17, 15) is 14.4 Å². The molecule has 0 saturated heterocycles. The van der Waals surface area contributed by atoms with E-state index in [1.807, 2.05) is 24.3 Å². The molecular weight excluding hydrogens is 444 g/mol. The summed E-state index contributed by atoms with van der Waals surface area (Å²) in [6.07, 6.45) is 0. The summed E-state index contributed by atoms with van der Waals surface area (Å²) in [5, 5.41) is 0.824. The first-order chi connectivity index (χ1) is 17.1. The minimum atomic E-state index is -0.380. The Bertz CT molecular complexity index is 2280. The highest BCUT2D eigenvalue weighted by Crippen LogP contribution is 2.47. The van der Waals surface area contributed by atoms with Crippen LogP contribution in [0.2, 0.25) is 0 Å². The minimum Gasteiger partial charge on any atom is -0.455 e. The Balaban J connectivity index is 1.75. The van der Waals surface area contributed by atoms with Gasteiger partial charge in [0.15, 0.2) is 16.7 Å². The molecule has 164 valence electrons. The lowest BCUT2D eigenvalue weighted by Crippen LogP contribution is -2.16. The maximum atomic E-state index is 13.9. The molecular formula is C29H12O6. The molecule has 3 heterocycles. The summed E-state index contributed by atoms with van der Waals surface area (Å²) in [4.78, 5) is 41.3. The second kappa shape index (κ2) is 6.12. The zero-order valence-corrected chi connectivity index (χ0v) is 17.9. The van der Waals surface area contributed by atoms with Gasteiger partial charge in [-0.25, -0.2) is 0 Å². The van der Waals surface area contributed by atoms with Crippen molar-refractivity contribution in [2.75, 3.05) is 0 Å². The first kappa shape index (κ1) is 18.5. The van der Waals surface area contributed by atoms with Crippen LogP contribution in [0, 0.1) is 0 Å². The molecule has 6 nitrogen and oxygen atoms in total. The molecule has 1 aliphatic rings. The van der Waals surface area contributed by atoms with E-state index in [0.717, 1.165) is 11.1 Å². The molecule has 0 amide bonds. The van der Waals surface area contributed by atoms with Crippen molar-refractivity contribution in [3.63, 3.8) is 0 Å². The van der Waals surface area contributed by atoms with Gasteiger partial charge in [-0.3, -0.25) is 14.4 Å². The molecule has 0 radical (unpaired) electrons. The smallest absolute Gasteiger partial charge is 0.205 e. The van der Waals surface area contributed by atoms with Crippen LogP contribution >= 0.6 is 0 Å². The van der Waals surface area contributed by atoms with Gasteiger partial charge >= 0.3 is 0 Å². The Labute approximate surface area is 194 Å². The average Bonchev–Trinajstić information content (AvgIpc) is 2.87. The number of hydrogen-bond donors (Lipinski definition) is 0. The summed E-state index contributed by atoms with van der Waals surface area (Å²) in [5.41, 5.74) is 1.68. The lowest BCUT2D eigenvalue weighted by Gasteiger charge is -2.22. The second-order valence-electron chi connectivity index (χ2n) is 8.65. The van der Waals surface area contributed by atoms with E-state index in [0.29, 0.717) is 33.3 Å². The molecule has 7 aromatic rings. The minimum absolute atomic E-state index is 0.0476. The van der Waals surface area contributed by atoms with Crippen LogP contribution < -0.4 is 16.3 Å². The monoisotopic (exact) mass is 456 g/mol. The molecule has 0 aliphatic heterocycles. The van der Waals surface area contributed by atoms with Crippen molar-refractivity contribution in [1.29, 1.82) is 0 Å².